The highest BCUT2D eigenvalue weighted by molar-refractivity contribution is 5.83. The van der Waals surface area contributed by atoms with E-state index >= 15 is 0 Å². The zero-order valence-corrected chi connectivity index (χ0v) is 12.1. The number of piperidine rings is 1. The summed E-state index contributed by atoms with van der Waals surface area (Å²) in [7, 11) is 1.42. The van der Waals surface area contributed by atoms with Gasteiger partial charge in [-0.25, -0.2) is 0 Å². The molecule has 19 heavy (non-hydrogen) atoms. The predicted octanol–water partition coefficient (Wildman–Crippen LogP) is 2.37. The summed E-state index contributed by atoms with van der Waals surface area (Å²) >= 11 is 0. The molecule has 0 bridgehead atoms. The average Bonchev–Trinajstić information content (AvgIpc) is 2.46. The summed E-state index contributed by atoms with van der Waals surface area (Å²) in [6.07, 6.45) is 7.27. The lowest BCUT2D eigenvalue weighted by Crippen LogP contribution is -2.49. The number of methoxy groups -OCH3 is 1. The molecule has 1 unspecified atom stereocenters. The van der Waals surface area contributed by atoms with Gasteiger partial charge >= 0.3 is 5.97 Å². The zero-order chi connectivity index (χ0) is 13.9. The van der Waals surface area contributed by atoms with Crippen LogP contribution in [0.1, 0.15) is 51.9 Å². The monoisotopic (exact) mass is 267 g/mol. The minimum Gasteiger partial charge on any atom is -0.469 e. The Morgan fingerprint density at radius 3 is 2.47 bits per heavy atom. The molecular formula is C15H25NO3. The summed E-state index contributed by atoms with van der Waals surface area (Å²) in [6.45, 7) is 3.43. The minimum absolute atomic E-state index is 0.130. The number of ether oxygens (including phenoxy) is 1. The summed E-state index contributed by atoms with van der Waals surface area (Å²) in [5.41, 5.74) is -0.198. The molecule has 1 atom stereocenters. The molecule has 4 heteroatoms. The van der Waals surface area contributed by atoms with Crippen molar-refractivity contribution in [3.05, 3.63) is 0 Å². The SMILES string of the molecule is COC(=O)C1CCCN(C(=O)C2(C)CCCCC2)C1. The first-order chi connectivity index (χ1) is 9.07. The summed E-state index contributed by atoms with van der Waals surface area (Å²) < 4.78 is 4.81. The second-order valence-electron chi connectivity index (χ2n) is 6.23. The third-order valence-electron chi connectivity index (χ3n) is 4.72. The fourth-order valence-corrected chi connectivity index (χ4v) is 3.45. The quantitative estimate of drug-likeness (QED) is 0.722. The van der Waals surface area contributed by atoms with Gasteiger partial charge in [0.1, 0.15) is 0 Å². The van der Waals surface area contributed by atoms with Crippen molar-refractivity contribution in [1.82, 2.24) is 4.90 Å². The van der Waals surface area contributed by atoms with Crippen LogP contribution >= 0.6 is 0 Å². The van der Waals surface area contributed by atoms with Gasteiger partial charge in [0.05, 0.1) is 13.0 Å². The molecule has 2 fully saturated rings. The molecule has 0 aromatic heterocycles. The van der Waals surface area contributed by atoms with E-state index in [1.165, 1.54) is 13.5 Å². The van der Waals surface area contributed by atoms with Gasteiger partial charge in [0.25, 0.3) is 0 Å². The summed E-state index contributed by atoms with van der Waals surface area (Å²) in [4.78, 5) is 26.2. The summed E-state index contributed by atoms with van der Waals surface area (Å²) in [5.74, 6) is -0.0537. The van der Waals surface area contributed by atoms with Crippen molar-refractivity contribution in [2.45, 2.75) is 51.9 Å². The number of amides is 1. The molecule has 1 saturated carbocycles. The van der Waals surface area contributed by atoms with Crippen molar-refractivity contribution in [3.8, 4) is 0 Å². The Balaban J connectivity index is 2.00. The average molecular weight is 267 g/mol. The van der Waals surface area contributed by atoms with Crippen LogP contribution in [0.2, 0.25) is 0 Å². The second-order valence-corrected chi connectivity index (χ2v) is 6.23. The Morgan fingerprint density at radius 1 is 1.16 bits per heavy atom. The molecule has 1 amide bonds. The number of carbonyl (C=O) groups is 2. The maximum absolute atomic E-state index is 12.7. The molecule has 1 saturated heterocycles. The van der Waals surface area contributed by atoms with Gasteiger partial charge in [-0.05, 0) is 25.7 Å². The largest absolute Gasteiger partial charge is 0.469 e. The van der Waals surface area contributed by atoms with Crippen LogP contribution in [0.3, 0.4) is 0 Å². The molecular weight excluding hydrogens is 242 g/mol. The van der Waals surface area contributed by atoms with Crippen molar-refractivity contribution >= 4 is 11.9 Å². The van der Waals surface area contributed by atoms with Gasteiger partial charge in [0.15, 0.2) is 0 Å². The minimum atomic E-state index is -0.198. The van der Waals surface area contributed by atoms with Crippen molar-refractivity contribution in [3.63, 3.8) is 0 Å². The van der Waals surface area contributed by atoms with Crippen LogP contribution in [0.25, 0.3) is 0 Å². The normalized spacial score (nSPS) is 26.8. The van der Waals surface area contributed by atoms with Gasteiger partial charge in [0, 0.05) is 18.5 Å². The Morgan fingerprint density at radius 2 is 1.84 bits per heavy atom. The zero-order valence-electron chi connectivity index (χ0n) is 12.1. The van der Waals surface area contributed by atoms with Crippen LogP contribution in [0.15, 0.2) is 0 Å². The van der Waals surface area contributed by atoms with Gasteiger partial charge in [0.2, 0.25) is 5.91 Å². The van der Waals surface area contributed by atoms with Crippen molar-refractivity contribution in [2.24, 2.45) is 11.3 Å². The molecule has 0 N–H and O–H groups in total. The Kier molecular flexibility index (Phi) is 4.48. The molecule has 0 radical (unpaired) electrons. The first kappa shape index (κ1) is 14.4. The van der Waals surface area contributed by atoms with Gasteiger partial charge in [-0.3, -0.25) is 9.59 Å². The molecule has 108 valence electrons. The second kappa shape index (κ2) is 5.93. The van der Waals surface area contributed by atoms with E-state index in [0.717, 1.165) is 45.1 Å². The maximum atomic E-state index is 12.7. The predicted molar refractivity (Wildman–Crippen MR) is 72.5 cm³/mol. The molecule has 1 aliphatic carbocycles. The van der Waals surface area contributed by atoms with Crippen LogP contribution < -0.4 is 0 Å². The fourth-order valence-electron chi connectivity index (χ4n) is 3.45. The fraction of sp³-hybridized carbons (Fsp3) is 0.867. The van der Waals surface area contributed by atoms with E-state index < -0.39 is 0 Å². The maximum Gasteiger partial charge on any atom is 0.310 e. The Labute approximate surface area is 115 Å². The molecule has 0 spiro atoms. The van der Waals surface area contributed by atoms with Crippen LogP contribution in [0.5, 0.6) is 0 Å². The van der Waals surface area contributed by atoms with Crippen LogP contribution in [0.4, 0.5) is 0 Å². The van der Waals surface area contributed by atoms with Crippen molar-refractivity contribution < 1.29 is 14.3 Å². The molecule has 0 aromatic carbocycles. The van der Waals surface area contributed by atoms with E-state index in [4.69, 9.17) is 4.74 Å². The summed E-state index contributed by atoms with van der Waals surface area (Å²) in [5, 5.41) is 0. The molecule has 2 rings (SSSR count). The van der Waals surface area contributed by atoms with E-state index in [2.05, 4.69) is 6.92 Å². The standard InChI is InChI=1S/C15H25NO3/c1-15(8-4-3-5-9-15)14(18)16-10-6-7-12(11-16)13(17)19-2/h12H,3-11H2,1-2H3. The molecule has 1 aliphatic heterocycles. The van der Waals surface area contributed by atoms with E-state index in [1.54, 1.807) is 0 Å². The first-order valence-corrected chi connectivity index (χ1v) is 7.44. The third kappa shape index (κ3) is 3.10. The number of rotatable bonds is 2. The van der Waals surface area contributed by atoms with E-state index in [9.17, 15) is 9.59 Å². The van der Waals surface area contributed by atoms with Gasteiger partial charge in [-0.1, -0.05) is 26.2 Å². The number of hydrogen-bond donors (Lipinski definition) is 0. The Hall–Kier alpha value is -1.06. The van der Waals surface area contributed by atoms with Gasteiger partial charge in [-0.15, -0.1) is 0 Å². The van der Waals surface area contributed by atoms with Gasteiger partial charge < -0.3 is 9.64 Å². The number of esters is 1. The molecule has 4 nitrogen and oxygen atoms in total. The van der Waals surface area contributed by atoms with Crippen molar-refractivity contribution in [2.75, 3.05) is 20.2 Å². The lowest BCUT2D eigenvalue weighted by molar-refractivity contribution is -0.152. The highest BCUT2D eigenvalue weighted by atomic mass is 16.5. The molecule has 1 heterocycles. The van der Waals surface area contributed by atoms with E-state index in [-0.39, 0.29) is 23.2 Å². The smallest absolute Gasteiger partial charge is 0.310 e. The molecule has 0 aromatic rings. The van der Waals surface area contributed by atoms with E-state index in [0.29, 0.717) is 6.54 Å². The third-order valence-corrected chi connectivity index (χ3v) is 4.72. The van der Waals surface area contributed by atoms with Crippen LogP contribution in [0, 0.1) is 11.3 Å². The lowest BCUT2D eigenvalue weighted by Gasteiger charge is -2.40. The number of nitrogens with zero attached hydrogens (tertiary/aromatic N) is 1. The van der Waals surface area contributed by atoms with E-state index in [1.807, 2.05) is 4.90 Å². The number of hydrogen-bond acceptors (Lipinski definition) is 3. The van der Waals surface area contributed by atoms with Gasteiger partial charge in [-0.2, -0.15) is 0 Å². The van der Waals surface area contributed by atoms with Crippen LogP contribution in [-0.4, -0.2) is 37.0 Å². The topological polar surface area (TPSA) is 46.6 Å². The number of carbonyl (C=O) groups excluding carboxylic acids is 2. The molecule has 2 aliphatic rings. The van der Waals surface area contributed by atoms with Crippen molar-refractivity contribution in [1.29, 1.82) is 0 Å². The first-order valence-electron chi connectivity index (χ1n) is 7.44. The Bertz CT molecular complexity index is 347. The number of likely N-dealkylation sites (tertiary alicyclic amines) is 1. The van der Waals surface area contributed by atoms with Crippen LogP contribution in [-0.2, 0) is 14.3 Å². The lowest BCUT2D eigenvalue weighted by atomic mass is 9.74. The highest BCUT2D eigenvalue weighted by Gasteiger charge is 2.39. The summed E-state index contributed by atoms with van der Waals surface area (Å²) in [6, 6.07) is 0. The highest BCUT2D eigenvalue weighted by Crippen LogP contribution is 2.38.